The number of ether oxygens (including phenoxy) is 2. The number of hydrogen-bond acceptors (Lipinski definition) is 3. The van der Waals surface area contributed by atoms with E-state index < -0.39 is 0 Å². The average Bonchev–Trinajstić information content (AvgIpc) is 2.46. The Morgan fingerprint density at radius 3 is 2.64 bits per heavy atom. The first kappa shape index (κ1) is 7.10. The van der Waals surface area contributed by atoms with Crippen molar-refractivity contribution in [3.63, 3.8) is 0 Å². The molecule has 0 bridgehead atoms. The van der Waals surface area contributed by atoms with Crippen molar-refractivity contribution in [2.75, 3.05) is 13.4 Å². The second kappa shape index (κ2) is 2.48. The predicted molar refractivity (Wildman–Crippen MR) is 37.8 cm³/mol. The van der Waals surface area contributed by atoms with Gasteiger partial charge >= 0.3 is 5.97 Å². The van der Waals surface area contributed by atoms with Crippen LogP contribution in [0.4, 0.5) is 0 Å². The predicted octanol–water partition coefficient (Wildman–Crippen LogP) is 1.08. The highest BCUT2D eigenvalue weighted by atomic mass is 16.7. The van der Waals surface area contributed by atoms with Crippen molar-refractivity contribution in [2.24, 2.45) is 5.41 Å². The van der Waals surface area contributed by atoms with Crippen LogP contribution in [0.15, 0.2) is 0 Å². The number of esters is 1. The summed E-state index contributed by atoms with van der Waals surface area (Å²) in [6.07, 6.45) is 4.18. The van der Waals surface area contributed by atoms with Gasteiger partial charge < -0.3 is 9.47 Å². The molecule has 1 heterocycles. The van der Waals surface area contributed by atoms with Crippen molar-refractivity contribution >= 4 is 5.97 Å². The molecule has 2 fully saturated rings. The smallest absolute Gasteiger partial charge is 0.316 e. The molecular formula is C8H12O3. The molecule has 2 rings (SSSR count). The second-order valence-electron chi connectivity index (χ2n) is 3.39. The molecule has 2 aliphatic rings. The van der Waals surface area contributed by atoms with Gasteiger partial charge in [0.2, 0.25) is 0 Å². The molecular weight excluding hydrogens is 144 g/mol. The lowest BCUT2D eigenvalue weighted by Crippen LogP contribution is -2.39. The lowest BCUT2D eigenvalue weighted by molar-refractivity contribution is -0.193. The number of cyclic esters (lactones) is 1. The van der Waals surface area contributed by atoms with Crippen molar-refractivity contribution in [3.05, 3.63) is 0 Å². The zero-order valence-corrected chi connectivity index (χ0v) is 6.47. The van der Waals surface area contributed by atoms with E-state index in [1.165, 1.54) is 0 Å². The van der Waals surface area contributed by atoms with Crippen molar-refractivity contribution in [1.82, 2.24) is 0 Å². The fourth-order valence-corrected chi connectivity index (χ4v) is 1.94. The Hall–Kier alpha value is -0.570. The molecule has 1 aliphatic carbocycles. The highest BCUT2D eigenvalue weighted by molar-refractivity contribution is 5.77. The first-order chi connectivity index (χ1) is 5.33. The zero-order chi connectivity index (χ0) is 7.73. The van der Waals surface area contributed by atoms with Crippen LogP contribution < -0.4 is 0 Å². The number of hydrogen-bond donors (Lipinski definition) is 0. The Morgan fingerprint density at radius 2 is 2.00 bits per heavy atom. The third kappa shape index (κ3) is 1.03. The van der Waals surface area contributed by atoms with Crippen LogP contribution in [-0.2, 0) is 14.3 Å². The lowest BCUT2D eigenvalue weighted by Gasteiger charge is -2.30. The van der Waals surface area contributed by atoms with Crippen LogP contribution in [-0.4, -0.2) is 19.4 Å². The van der Waals surface area contributed by atoms with Crippen molar-refractivity contribution in [2.45, 2.75) is 25.7 Å². The maximum atomic E-state index is 11.3. The standard InChI is InChI=1S/C8H12O3/c9-7-8(3-1-2-4-8)5-10-6-11-7/h1-6H2. The van der Waals surface area contributed by atoms with Gasteiger partial charge in [0.15, 0.2) is 6.79 Å². The van der Waals surface area contributed by atoms with Crippen LogP contribution >= 0.6 is 0 Å². The molecule has 0 radical (unpaired) electrons. The summed E-state index contributed by atoms with van der Waals surface area (Å²) in [7, 11) is 0. The highest BCUT2D eigenvalue weighted by Gasteiger charge is 2.44. The van der Waals surface area contributed by atoms with E-state index in [0.29, 0.717) is 6.61 Å². The van der Waals surface area contributed by atoms with Gasteiger partial charge in [-0.1, -0.05) is 12.8 Å². The van der Waals surface area contributed by atoms with E-state index in [0.717, 1.165) is 25.7 Å². The summed E-state index contributed by atoms with van der Waals surface area (Å²) in [5.74, 6) is -0.0405. The second-order valence-corrected chi connectivity index (χ2v) is 3.39. The number of carbonyl (C=O) groups excluding carboxylic acids is 1. The molecule has 0 aromatic heterocycles. The summed E-state index contributed by atoms with van der Waals surface area (Å²) >= 11 is 0. The Morgan fingerprint density at radius 1 is 1.27 bits per heavy atom. The Labute approximate surface area is 65.7 Å². The number of carbonyl (C=O) groups is 1. The van der Waals surface area contributed by atoms with Crippen LogP contribution in [0.2, 0.25) is 0 Å². The first-order valence-corrected chi connectivity index (χ1v) is 4.08. The average molecular weight is 156 g/mol. The van der Waals surface area contributed by atoms with E-state index in [4.69, 9.17) is 9.47 Å². The molecule has 11 heavy (non-hydrogen) atoms. The van der Waals surface area contributed by atoms with Gasteiger partial charge in [0.25, 0.3) is 0 Å². The van der Waals surface area contributed by atoms with E-state index in [1.54, 1.807) is 0 Å². The minimum Gasteiger partial charge on any atom is -0.438 e. The summed E-state index contributed by atoms with van der Waals surface area (Å²) in [6.45, 7) is 0.729. The Balaban J connectivity index is 2.13. The monoisotopic (exact) mass is 156 g/mol. The van der Waals surface area contributed by atoms with Gasteiger partial charge in [0.05, 0.1) is 12.0 Å². The van der Waals surface area contributed by atoms with E-state index in [2.05, 4.69) is 0 Å². The van der Waals surface area contributed by atoms with E-state index in [9.17, 15) is 4.79 Å². The minimum absolute atomic E-state index is 0.0405. The molecule has 1 aliphatic heterocycles. The molecule has 3 nitrogen and oxygen atoms in total. The Bertz CT molecular complexity index is 170. The zero-order valence-electron chi connectivity index (χ0n) is 6.47. The van der Waals surface area contributed by atoms with Crippen LogP contribution in [0.1, 0.15) is 25.7 Å². The third-order valence-electron chi connectivity index (χ3n) is 2.65. The van der Waals surface area contributed by atoms with Gasteiger partial charge in [-0.2, -0.15) is 0 Å². The maximum Gasteiger partial charge on any atom is 0.316 e. The fourth-order valence-electron chi connectivity index (χ4n) is 1.94. The molecule has 0 aromatic rings. The quantitative estimate of drug-likeness (QED) is 0.492. The van der Waals surface area contributed by atoms with Crippen molar-refractivity contribution in [1.29, 1.82) is 0 Å². The SMILES string of the molecule is O=C1OCOCC12CCCC2. The molecule has 0 atom stereocenters. The molecule has 3 heteroatoms. The topological polar surface area (TPSA) is 35.5 Å². The third-order valence-corrected chi connectivity index (χ3v) is 2.65. The number of rotatable bonds is 0. The summed E-state index contributed by atoms with van der Waals surface area (Å²) in [6, 6.07) is 0. The molecule has 1 saturated heterocycles. The van der Waals surface area contributed by atoms with Crippen molar-refractivity contribution in [3.8, 4) is 0 Å². The molecule has 1 saturated carbocycles. The molecule has 62 valence electrons. The summed E-state index contributed by atoms with van der Waals surface area (Å²) in [5.41, 5.74) is -0.252. The normalized spacial score (nSPS) is 28.9. The first-order valence-electron chi connectivity index (χ1n) is 4.08. The van der Waals surface area contributed by atoms with Crippen LogP contribution in [0.3, 0.4) is 0 Å². The van der Waals surface area contributed by atoms with Gasteiger partial charge in [0.1, 0.15) is 0 Å². The fraction of sp³-hybridized carbons (Fsp3) is 0.875. The summed E-state index contributed by atoms with van der Waals surface area (Å²) in [4.78, 5) is 11.3. The molecule has 0 N–H and O–H groups in total. The molecule has 0 amide bonds. The lowest BCUT2D eigenvalue weighted by atomic mass is 9.87. The van der Waals surface area contributed by atoms with Crippen LogP contribution in [0, 0.1) is 5.41 Å². The van der Waals surface area contributed by atoms with E-state index >= 15 is 0 Å². The van der Waals surface area contributed by atoms with Gasteiger partial charge in [-0.25, -0.2) is 0 Å². The van der Waals surface area contributed by atoms with Crippen LogP contribution in [0.25, 0.3) is 0 Å². The van der Waals surface area contributed by atoms with E-state index in [-0.39, 0.29) is 18.2 Å². The molecule has 0 aromatic carbocycles. The summed E-state index contributed by atoms with van der Waals surface area (Å²) < 4.78 is 9.99. The summed E-state index contributed by atoms with van der Waals surface area (Å²) in [5, 5.41) is 0. The van der Waals surface area contributed by atoms with Gasteiger partial charge in [0, 0.05) is 0 Å². The largest absolute Gasteiger partial charge is 0.438 e. The Kier molecular flexibility index (Phi) is 1.60. The van der Waals surface area contributed by atoms with Gasteiger partial charge in [-0.3, -0.25) is 4.79 Å². The van der Waals surface area contributed by atoms with Gasteiger partial charge in [-0.05, 0) is 12.8 Å². The molecule has 1 spiro atoms. The minimum atomic E-state index is -0.252. The van der Waals surface area contributed by atoms with E-state index in [1.807, 2.05) is 0 Å². The van der Waals surface area contributed by atoms with Crippen LogP contribution in [0.5, 0.6) is 0 Å². The molecule has 0 unspecified atom stereocenters. The van der Waals surface area contributed by atoms with Gasteiger partial charge in [-0.15, -0.1) is 0 Å². The highest BCUT2D eigenvalue weighted by Crippen LogP contribution is 2.40. The maximum absolute atomic E-state index is 11.3. The van der Waals surface area contributed by atoms with Crippen molar-refractivity contribution < 1.29 is 14.3 Å².